The number of hydrogen-bond acceptors (Lipinski definition) is 6. The Morgan fingerprint density at radius 2 is 1.92 bits per heavy atom. The number of nitrogens with one attached hydrogen (secondary N) is 1. The molecule has 1 N–H and O–H groups in total. The second kappa shape index (κ2) is 11.9. The molecular formula is C16H23ClNO6P. The van der Waals surface area contributed by atoms with Gasteiger partial charge in [0.25, 0.3) is 0 Å². The topological polar surface area (TPSA) is 90.9 Å². The van der Waals surface area contributed by atoms with Crippen molar-refractivity contribution in [3.8, 4) is 0 Å². The van der Waals surface area contributed by atoms with Crippen molar-refractivity contribution in [3.05, 3.63) is 34.9 Å². The summed E-state index contributed by atoms with van der Waals surface area (Å²) in [6.45, 7) is 3.11. The molecule has 2 atom stereocenters. The zero-order valence-corrected chi connectivity index (χ0v) is 16.0. The Kier molecular flexibility index (Phi) is 10.2. The molecule has 7 nitrogen and oxygen atoms in total. The van der Waals surface area contributed by atoms with E-state index in [1.54, 1.807) is 24.3 Å². The smallest absolute Gasteiger partial charge is 0.410 e. The largest absolute Gasteiger partial charge is 0.428 e. The van der Waals surface area contributed by atoms with E-state index in [-0.39, 0.29) is 13.0 Å². The molecule has 0 aliphatic carbocycles. The fourth-order valence-electron chi connectivity index (χ4n) is 1.95. The van der Waals surface area contributed by atoms with Crippen molar-refractivity contribution in [2.24, 2.45) is 0 Å². The Bertz CT molecular complexity index is 580. The van der Waals surface area contributed by atoms with Crippen LogP contribution in [-0.2, 0) is 23.4 Å². The first-order valence-corrected chi connectivity index (χ1v) is 10.1. The maximum Gasteiger partial charge on any atom is 0.410 e. The second-order valence-electron chi connectivity index (χ2n) is 5.19. The lowest BCUT2D eigenvalue weighted by molar-refractivity contribution is -0.151. The molecule has 0 aliphatic rings. The number of halogens is 1. The predicted molar refractivity (Wildman–Crippen MR) is 95.2 cm³/mol. The van der Waals surface area contributed by atoms with Crippen molar-refractivity contribution in [1.82, 2.24) is 5.32 Å². The third-order valence-electron chi connectivity index (χ3n) is 3.14. The molecule has 25 heavy (non-hydrogen) atoms. The van der Waals surface area contributed by atoms with Crippen LogP contribution in [0.4, 0.5) is 4.79 Å². The molecule has 2 unspecified atom stereocenters. The summed E-state index contributed by atoms with van der Waals surface area (Å²) in [5.41, 5.74) is 0.795. The van der Waals surface area contributed by atoms with Gasteiger partial charge < -0.3 is 19.3 Å². The Hall–Kier alpha value is -1.56. The minimum absolute atomic E-state index is 0.216. The van der Waals surface area contributed by atoms with Crippen molar-refractivity contribution in [1.29, 1.82) is 0 Å². The lowest BCUT2D eigenvalue weighted by Crippen LogP contribution is -2.30. The van der Waals surface area contributed by atoms with Crippen LogP contribution in [0.1, 0.15) is 37.8 Å². The minimum atomic E-state index is -2.05. The maximum absolute atomic E-state index is 11.9. The highest BCUT2D eigenvalue weighted by molar-refractivity contribution is 7.38. The van der Waals surface area contributed by atoms with Crippen LogP contribution < -0.4 is 5.32 Å². The highest BCUT2D eigenvalue weighted by atomic mass is 35.5. The van der Waals surface area contributed by atoms with E-state index in [9.17, 15) is 14.2 Å². The van der Waals surface area contributed by atoms with Crippen LogP contribution in [0.25, 0.3) is 0 Å². The molecule has 0 fully saturated rings. The Morgan fingerprint density at radius 3 is 2.52 bits per heavy atom. The fraction of sp³-hybridized carbons (Fsp3) is 0.500. The van der Waals surface area contributed by atoms with Crippen LogP contribution in [0, 0.1) is 0 Å². The number of alkyl carbamates (subject to hydrolysis) is 1. The lowest BCUT2D eigenvalue weighted by Gasteiger charge is -2.19. The number of hydrogen-bond donors (Lipinski definition) is 1. The standard InChI is InChI=1S/C16H23ClNO6P/c1-3-4-15(19)22-11-23-16(20)18-14(9-10-24-25(2)21)12-5-7-13(17)8-6-12/h5-8,14,25H,3-4,9-11H2,1-2H3,(H,18,20). The lowest BCUT2D eigenvalue weighted by atomic mass is 10.0. The molecule has 0 bridgehead atoms. The quantitative estimate of drug-likeness (QED) is 0.369. The molecule has 0 aromatic heterocycles. The Labute approximate surface area is 152 Å². The zero-order valence-electron chi connectivity index (χ0n) is 14.2. The van der Waals surface area contributed by atoms with Crippen LogP contribution in [-0.4, -0.2) is 32.1 Å². The molecule has 1 rings (SSSR count). The van der Waals surface area contributed by atoms with E-state index < -0.39 is 32.9 Å². The van der Waals surface area contributed by atoms with Crippen LogP contribution in [0.3, 0.4) is 0 Å². The summed E-state index contributed by atoms with van der Waals surface area (Å²) in [7, 11) is -2.05. The van der Waals surface area contributed by atoms with E-state index in [4.69, 9.17) is 25.6 Å². The molecule has 0 saturated heterocycles. The third-order valence-corrected chi connectivity index (χ3v) is 4.00. The number of amides is 1. The van der Waals surface area contributed by atoms with Crippen LogP contribution >= 0.6 is 19.6 Å². The van der Waals surface area contributed by atoms with Gasteiger partial charge in [-0.2, -0.15) is 0 Å². The van der Waals surface area contributed by atoms with Crippen molar-refractivity contribution in [2.45, 2.75) is 32.2 Å². The van der Waals surface area contributed by atoms with E-state index in [0.717, 1.165) is 5.56 Å². The van der Waals surface area contributed by atoms with Crippen LogP contribution in [0.5, 0.6) is 0 Å². The molecule has 0 spiro atoms. The molecular weight excluding hydrogens is 369 g/mol. The Balaban J connectivity index is 2.56. The molecule has 1 aromatic carbocycles. The van der Waals surface area contributed by atoms with E-state index in [2.05, 4.69) is 5.32 Å². The second-order valence-corrected chi connectivity index (χ2v) is 6.90. The van der Waals surface area contributed by atoms with E-state index in [1.165, 1.54) is 6.66 Å². The van der Waals surface area contributed by atoms with Gasteiger partial charge >= 0.3 is 12.1 Å². The Morgan fingerprint density at radius 1 is 1.24 bits per heavy atom. The van der Waals surface area contributed by atoms with E-state index >= 15 is 0 Å². The van der Waals surface area contributed by atoms with Gasteiger partial charge in [-0.1, -0.05) is 30.7 Å². The molecule has 0 heterocycles. The number of rotatable bonds is 10. The van der Waals surface area contributed by atoms with Gasteiger partial charge in [-0.15, -0.1) is 0 Å². The van der Waals surface area contributed by atoms with E-state index in [1.807, 2.05) is 6.92 Å². The molecule has 0 radical (unpaired) electrons. The van der Waals surface area contributed by atoms with Crippen molar-refractivity contribution in [3.63, 3.8) is 0 Å². The third kappa shape index (κ3) is 9.48. The van der Waals surface area contributed by atoms with Crippen LogP contribution in [0.2, 0.25) is 5.02 Å². The first-order valence-electron chi connectivity index (χ1n) is 7.90. The average molecular weight is 392 g/mol. The highest BCUT2D eigenvalue weighted by Crippen LogP contribution is 2.22. The first-order chi connectivity index (χ1) is 11.9. The highest BCUT2D eigenvalue weighted by Gasteiger charge is 2.16. The number of esters is 1. The van der Waals surface area contributed by atoms with Crippen LogP contribution in [0.15, 0.2) is 24.3 Å². The summed E-state index contributed by atoms with van der Waals surface area (Å²) in [5.74, 6) is -0.425. The summed E-state index contributed by atoms with van der Waals surface area (Å²) >= 11 is 5.87. The molecule has 140 valence electrons. The van der Waals surface area contributed by atoms with Crippen molar-refractivity contribution in [2.75, 3.05) is 20.1 Å². The summed E-state index contributed by atoms with van der Waals surface area (Å²) in [4.78, 5) is 23.1. The van der Waals surface area contributed by atoms with Gasteiger partial charge in [0.1, 0.15) is 0 Å². The van der Waals surface area contributed by atoms with Gasteiger partial charge in [-0.05, 0) is 30.5 Å². The summed E-state index contributed by atoms with van der Waals surface area (Å²) < 4.78 is 25.8. The van der Waals surface area contributed by atoms with Gasteiger partial charge in [-0.25, -0.2) is 4.79 Å². The molecule has 0 aliphatic heterocycles. The van der Waals surface area contributed by atoms with E-state index in [0.29, 0.717) is 17.9 Å². The number of carbonyl (C=O) groups excluding carboxylic acids is 2. The summed E-state index contributed by atoms with van der Waals surface area (Å²) in [5, 5.41) is 3.24. The number of benzene rings is 1. The SMILES string of the molecule is CCCC(=O)OCOC(=O)NC(CCO[PH](C)=O)c1ccc(Cl)cc1. The number of carbonyl (C=O) groups is 2. The van der Waals surface area contributed by atoms with Crippen molar-refractivity contribution >= 4 is 31.7 Å². The monoisotopic (exact) mass is 391 g/mol. The fourth-order valence-corrected chi connectivity index (χ4v) is 2.48. The van der Waals surface area contributed by atoms with Gasteiger partial charge in [0.2, 0.25) is 6.79 Å². The number of ether oxygens (including phenoxy) is 2. The maximum atomic E-state index is 11.9. The molecule has 0 saturated carbocycles. The van der Waals surface area contributed by atoms with Crippen molar-refractivity contribution < 1.29 is 28.2 Å². The zero-order chi connectivity index (χ0) is 18.7. The minimum Gasteiger partial charge on any atom is -0.428 e. The average Bonchev–Trinajstić information content (AvgIpc) is 2.54. The normalized spacial score (nSPS) is 12.9. The van der Waals surface area contributed by atoms with Gasteiger partial charge in [0, 0.05) is 18.1 Å². The van der Waals surface area contributed by atoms with Gasteiger partial charge in [0.15, 0.2) is 8.03 Å². The molecule has 9 heteroatoms. The first kappa shape index (κ1) is 21.5. The summed E-state index contributed by atoms with van der Waals surface area (Å²) in [6.07, 6.45) is 0.598. The van der Waals surface area contributed by atoms with Gasteiger partial charge in [-0.3, -0.25) is 9.36 Å². The summed E-state index contributed by atoms with van der Waals surface area (Å²) in [6, 6.07) is 6.52. The van der Waals surface area contributed by atoms with Gasteiger partial charge in [0.05, 0.1) is 12.6 Å². The predicted octanol–water partition coefficient (Wildman–Crippen LogP) is 3.92. The molecule has 1 aromatic rings. The molecule has 1 amide bonds.